The van der Waals surface area contributed by atoms with Crippen molar-refractivity contribution in [3.63, 3.8) is 0 Å². The van der Waals surface area contributed by atoms with Gasteiger partial charge in [0, 0.05) is 0 Å². The summed E-state index contributed by atoms with van der Waals surface area (Å²) >= 11 is 0. The maximum atomic E-state index is 12.0. The summed E-state index contributed by atoms with van der Waals surface area (Å²) in [5, 5.41) is 19.1. The van der Waals surface area contributed by atoms with Gasteiger partial charge in [-0.1, -0.05) is 78.1 Å². The second kappa shape index (κ2) is 14.8. The molecule has 0 aromatic heterocycles. The van der Waals surface area contributed by atoms with Crippen LogP contribution in [0.5, 0.6) is 0 Å². The molecule has 0 aromatic rings. The Hall–Kier alpha value is -0.150. The van der Waals surface area contributed by atoms with Crippen molar-refractivity contribution < 1.29 is 32.8 Å². The second-order valence-corrected chi connectivity index (χ2v) is 8.61. The summed E-state index contributed by atoms with van der Waals surface area (Å²) in [7, 11) is -5.09. The van der Waals surface area contributed by atoms with Crippen molar-refractivity contribution in [2.75, 3.05) is 0 Å². The van der Waals surface area contributed by atoms with Gasteiger partial charge in [0.2, 0.25) is 4.75 Å². The molecule has 27 heavy (non-hydrogen) atoms. The predicted octanol–water partition coefficient (Wildman–Crippen LogP) is 3.47. The maximum absolute atomic E-state index is 12.0. The molecule has 0 fully saturated rings. The van der Waals surface area contributed by atoms with Crippen molar-refractivity contribution in [2.45, 2.75) is 95.6 Å². The van der Waals surface area contributed by atoms with Crippen LogP contribution in [0.4, 0.5) is 0 Å². The first-order valence-corrected chi connectivity index (χ1v) is 11.0. The van der Waals surface area contributed by atoms with Crippen molar-refractivity contribution >= 4 is 51.6 Å². The SMILES string of the molecule is CCCCCCCC(C(=O)O)C(CCCCCCC)(C(=O)O)S(=O)(=O)O.[NaH]. The van der Waals surface area contributed by atoms with E-state index in [-0.39, 0.29) is 42.4 Å². The van der Waals surface area contributed by atoms with Gasteiger partial charge in [-0.05, 0) is 12.8 Å². The summed E-state index contributed by atoms with van der Waals surface area (Å²) in [4.78, 5) is 23.6. The van der Waals surface area contributed by atoms with Crippen LogP contribution in [0.25, 0.3) is 0 Å². The molecule has 156 valence electrons. The van der Waals surface area contributed by atoms with E-state index in [0.29, 0.717) is 19.3 Å². The molecule has 0 saturated heterocycles. The Labute approximate surface area is 185 Å². The van der Waals surface area contributed by atoms with Gasteiger partial charge in [0.05, 0.1) is 5.92 Å². The van der Waals surface area contributed by atoms with Crippen LogP contribution >= 0.6 is 0 Å². The molecule has 0 amide bonds. The van der Waals surface area contributed by atoms with Crippen LogP contribution in [-0.4, -0.2) is 69.4 Å². The van der Waals surface area contributed by atoms with E-state index < -0.39 is 39.1 Å². The molecule has 0 rings (SSSR count). The van der Waals surface area contributed by atoms with Gasteiger partial charge >= 0.3 is 41.5 Å². The van der Waals surface area contributed by atoms with E-state index in [1.54, 1.807) is 0 Å². The van der Waals surface area contributed by atoms with Crippen molar-refractivity contribution in [1.82, 2.24) is 0 Å². The molecule has 0 radical (unpaired) electrons. The third-order valence-corrected chi connectivity index (χ3v) is 6.52. The molecule has 0 heterocycles. The van der Waals surface area contributed by atoms with Crippen LogP contribution in [0.3, 0.4) is 0 Å². The molecule has 0 spiro atoms. The van der Waals surface area contributed by atoms with E-state index in [2.05, 4.69) is 0 Å². The second-order valence-electron chi connectivity index (χ2n) is 6.93. The first-order chi connectivity index (χ1) is 12.1. The first kappa shape index (κ1) is 29.1. The number of aliphatic carboxylic acids is 2. The number of carboxylic acids is 2. The third kappa shape index (κ3) is 9.26. The van der Waals surface area contributed by atoms with E-state index in [1.165, 1.54) is 0 Å². The Bertz CT molecular complexity index is 536. The van der Waals surface area contributed by atoms with Crippen molar-refractivity contribution in [2.24, 2.45) is 5.92 Å². The fourth-order valence-corrected chi connectivity index (χ4v) is 4.55. The van der Waals surface area contributed by atoms with Gasteiger partial charge in [-0.2, -0.15) is 8.42 Å². The summed E-state index contributed by atoms with van der Waals surface area (Å²) in [6.07, 6.45) is 7.07. The number of rotatable bonds is 16. The molecule has 0 bridgehead atoms. The van der Waals surface area contributed by atoms with E-state index in [0.717, 1.165) is 38.5 Å². The zero-order valence-corrected chi connectivity index (χ0v) is 16.8. The zero-order valence-electron chi connectivity index (χ0n) is 15.9. The van der Waals surface area contributed by atoms with Crippen molar-refractivity contribution in [1.29, 1.82) is 0 Å². The molecule has 0 saturated carbocycles. The first-order valence-electron chi connectivity index (χ1n) is 9.58. The van der Waals surface area contributed by atoms with E-state index >= 15 is 0 Å². The summed E-state index contributed by atoms with van der Waals surface area (Å²) in [6.45, 7) is 4.05. The molecule has 0 aliphatic rings. The van der Waals surface area contributed by atoms with Gasteiger partial charge in [0.1, 0.15) is 0 Å². The average Bonchev–Trinajstić information content (AvgIpc) is 2.53. The molecule has 0 aromatic carbocycles. The van der Waals surface area contributed by atoms with Crippen LogP contribution in [0.15, 0.2) is 0 Å². The Morgan fingerprint density at radius 2 is 1.30 bits per heavy atom. The minimum atomic E-state index is -5.09. The average molecular weight is 419 g/mol. The van der Waals surface area contributed by atoms with Gasteiger partial charge in [0.25, 0.3) is 10.1 Å². The van der Waals surface area contributed by atoms with Gasteiger partial charge in [-0.25, -0.2) is 0 Å². The molecular weight excluding hydrogens is 383 g/mol. The Morgan fingerprint density at radius 3 is 1.67 bits per heavy atom. The summed E-state index contributed by atoms with van der Waals surface area (Å²) < 4.78 is 31.0. The van der Waals surface area contributed by atoms with E-state index in [9.17, 15) is 32.8 Å². The summed E-state index contributed by atoms with van der Waals surface area (Å²) in [5.41, 5.74) is 0. The normalized spacial score (nSPS) is 14.8. The molecule has 3 N–H and O–H groups in total. The zero-order chi connectivity index (χ0) is 20.2. The van der Waals surface area contributed by atoms with Crippen LogP contribution in [0.1, 0.15) is 90.9 Å². The fourth-order valence-electron chi connectivity index (χ4n) is 3.35. The Kier molecular flexibility index (Phi) is 15.9. The topological polar surface area (TPSA) is 129 Å². The van der Waals surface area contributed by atoms with Gasteiger partial charge in [0.15, 0.2) is 0 Å². The van der Waals surface area contributed by atoms with E-state index in [4.69, 9.17) is 0 Å². The summed E-state index contributed by atoms with van der Waals surface area (Å²) in [5.74, 6) is -4.94. The van der Waals surface area contributed by atoms with Gasteiger partial charge < -0.3 is 10.2 Å². The quantitative estimate of drug-likeness (QED) is 0.199. The predicted molar refractivity (Wildman–Crippen MR) is 107 cm³/mol. The Morgan fingerprint density at radius 1 is 0.852 bits per heavy atom. The number of carbonyl (C=O) groups is 2. The monoisotopic (exact) mass is 418 g/mol. The molecular formula is C18H35NaO7S. The summed E-state index contributed by atoms with van der Waals surface area (Å²) in [6, 6.07) is 0. The molecule has 0 aliphatic carbocycles. The Balaban J connectivity index is 0. The molecule has 9 heteroatoms. The van der Waals surface area contributed by atoms with Crippen LogP contribution in [0, 0.1) is 5.92 Å². The molecule has 2 atom stereocenters. The van der Waals surface area contributed by atoms with Crippen LogP contribution in [0.2, 0.25) is 0 Å². The van der Waals surface area contributed by atoms with Gasteiger partial charge in [-0.3, -0.25) is 14.1 Å². The van der Waals surface area contributed by atoms with Crippen LogP contribution < -0.4 is 0 Å². The van der Waals surface area contributed by atoms with Crippen molar-refractivity contribution in [3.05, 3.63) is 0 Å². The number of carboxylic acid groups (broad SMARTS) is 2. The van der Waals surface area contributed by atoms with E-state index in [1.807, 2.05) is 13.8 Å². The van der Waals surface area contributed by atoms with Crippen molar-refractivity contribution in [3.8, 4) is 0 Å². The number of hydrogen-bond acceptors (Lipinski definition) is 4. The fraction of sp³-hybridized carbons (Fsp3) is 0.889. The molecule has 0 aliphatic heterocycles. The standard InChI is InChI=1S/C18H34O7S.Na.H/c1-3-5-7-9-11-13-15(16(19)20)18(17(21)22,26(23,24)25)14-12-10-8-6-4-2;;/h15H,3-14H2,1-2H3,(H,19,20)(H,21,22)(H,23,24,25);;. The number of hydrogen-bond donors (Lipinski definition) is 3. The van der Waals surface area contributed by atoms with Crippen LogP contribution in [-0.2, 0) is 19.7 Å². The minimum absolute atomic E-state index is 0. The molecule has 7 nitrogen and oxygen atoms in total. The number of unbranched alkanes of at least 4 members (excludes halogenated alkanes) is 8. The molecule has 2 unspecified atom stereocenters. The third-order valence-electron chi connectivity index (χ3n) is 4.93. The van der Waals surface area contributed by atoms with Gasteiger partial charge in [-0.15, -0.1) is 0 Å².